The topological polar surface area (TPSA) is 125 Å². The molecule has 9 heteroatoms. The summed E-state index contributed by atoms with van der Waals surface area (Å²) in [4.78, 5) is 50.4. The molecule has 1 atom stereocenters. The minimum atomic E-state index is -1.54. The Labute approximate surface area is 179 Å². The summed E-state index contributed by atoms with van der Waals surface area (Å²) >= 11 is 0. The monoisotopic (exact) mass is 425 g/mol. The number of carboxylic acid groups (broad SMARTS) is 1. The first-order chi connectivity index (χ1) is 14.9. The van der Waals surface area contributed by atoms with Crippen LogP contribution in [0.2, 0.25) is 0 Å². The highest BCUT2D eigenvalue weighted by molar-refractivity contribution is 6.10. The van der Waals surface area contributed by atoms with Gasteiger partial charge in [0.15, 0.2) is 0 Å². The summed E-state index contributed by atoms with van der Waals surface area (Å²) in [7, 11) is 0. The van der Waals surface area contributed by atoms with Crippen LogP contribution in [0.1, 0.15) is 25.3 Å². The predicted molar refractivity (Wildman–Crippen MR) is 111 cm³/mol. The fraction of sp³-hybridized carbons (Fsp3) is 0.273. The molecule has 0 unspecified atom stereocenters. The number of carbonyl (C=O) groups is 4. The molecule has 0 aliphatic carbocycles. The van der Waals surface area contributed by atoms with Gasteiger partial charge in [0, 0.05) is 6.42 Å². The molecule has 2 aromatic carbocycles. The maximum absolute atomic E-state index is 13.3. The number of hydrogen-bond donors (Lipinski definition) is 3. The number of hydrogen-bond acceptors (Lipinski definition) is 5. The highest BCUT2D eigenvalue weighted by Gasteiger charge is 2.52. The second-order valence-electron chi connectivity index (χ2n) is 6.96. The largest absolute Gasteiger partial charge is 0.492 e. The van der Waals surface area contributed by atoms with Crippen LogP contribution in [0.4, 0.5) is 10.5 Å². The first-order valence-electron chi connectivity index (χ1n) is 9.80. The highest BCUT2D eigenvalue weighted by atomic mass is 16.5. The van der Waals surface area contributed by atoms with E-state index >= 15 is 0 Å². The predicted octanol–water partition coefficient (Wildman–Crippen LogP) is 2.34. The molecule has 1 aliphatic heterocycles. The summed E-state index contributed by atoms with van der Waals surface area (Å²) in [5, 5.41) is 14.4. The minimum Gasteiger partial charge on any atom is -0.492 e. The average Bonchev–Trinajstić information content (AvgIpc) is 2.99. The average molecular weight is 425 g/mol. The molecule has 1 fully saturated rings. The van der Waals surface area contributed by atoms with Gasteiger partial charge in [-0.15, -0.1) is 0 Å². The van der Waals surface area contributed by atoms with Gasteiger partial charge >= 0.3 is 12.0 Å². The van der Waals surface area contributed by atoms with E-state index in [4.69, 9.17) is 9.84 Å². The zero-order valence-electron chi connectivity index (χ0n) is 17.0. The van der Waals surface area contributed by atoms with E-state index in [1.807, 2.05) is 6.92 Å². The van der Waals surface area contributed by atoms with E-state index in [1.165, 1.54) is 0 Å². The molecule has 0 saturated carbocycles. The summed E-state index contributed by atoms with van der Waals surface area (Å²) in [6, 6.07) is 14.5. The van der Waals surface area contributed by atoms with Gasteiger partial charge in [-0.25, -0.2) is 4.79 Å². The van der Waals surface area contributed by atoms with Crippen LogP contribution in [-0.4, -0.2) is 47.0 Å². The second-order valence-corrected chi connectivity index (χ2v) is 6.96. The van der Waals surface area contributed by atoms with Crippen LogP contribution < -0.4 is 15.4 Å². The van der Waals surface area contributed by atoms with E-state index in [1.54, 1.807) is 54.6 Å². The highest BCUT2D eigenvalue weighted by Crippen LogP contribution is 2.34. The number of ether oxygens (including phenoxy) is 1. The van der Waals surface area contributed by atoms with Crippen LogP contribution >= 0.6 is 0 Å². The zero-order chi connectivity index (χ0) is 22.4. The van der Waals surface area contributed by atoms with Crippen LogP contribution in [0.3, 0.4) is 0 Å². The number of amides is 4. The van der Waals surface area contributed by atoms with Crippen molar-refractivity contribution >= 4 is 29.5 Å². The van der Waals surface area contributed by atoms with Crippen LogP contribution in [0.15, 0.2) is 54.6 Å². The van der Waals surface area contributed by atoms with E-state index in [2.05, 4.69) is 10.6 Å². The van der Waals surface area contributed by atoms with Gasteiger partial charge in [-0.2, -0.15) is 0 Å². The van der Waals surface area contributed by atoms with Crippen molar-refractivity contribution in [2.24, 2.45) is 0 Å². The van der Waals surface area contributed by atoms with Gasteiger partial charge in [0.2, 0.25) is 5.91 Å². The fourth-order valence-electron chi connectivity index (χ4n) is 3.48. The van der Waals surface area contributed by atoms with E-state index in [-0.39, 0.29) is 12.8 Å². The standard InChI is InChI=1S/C22H23N3O6/c1-2-31-17-11-7-6-10-16(17)23-18(26)14-25-20(29)22(24-21(25)30,13-12-19(27)28)15-8-4-3-5-9-15/h3-11H,2,12-14H2,1H3,(H,23,26)(H,24,30)(H,27,28)/t22-/m1/s1. The molecular weight excluding hydrogens is 402 g/mol. The van der Waals surface area contributed by atoms with Gasteiger partial charge in [-0.1, -0.05) is 42.5 Å². The van der Waals surface area contributed by atoms with Crippen molar-refractivity contribution in [2.75, 3.05) is 18.5 Å². The van der Waals surface area contributed by atoms with Crippen molar-refractivity contribution in [3.63, 3.8) is 0 Å². The maximum Gasteiger partial charge on any atom is 0.325 e. The number of nitrogens with one attached hydrogen (secondary N) is 2. The minimum absolute atomic E-state index is 0.137. The van der Waals surface area contributed by atoms with Crippen LogP contribution in [-0.2, 0) is 19.9 Å². The van der Waals surface area contributed by atoms with E-state index < -0.39 is 35.9 Å². The number of aliphatic carboxylic acids is 1. The van der Waals surface area contributed by atoms with Gasteiger partial charge in [-0.3, -0.25) is 19.3 Å². The Morgan fingerprint density at radius 2 is 1.77 bits per heavy atom. The van der Waals surface area contributed by atoms with E-state index in [0.29, 0.717) is 23.6 Å². The lowest BCUT2D eigenvalue weighted by Crippen LogP contribution is -2.45. The molecular formula is C22H23N3O6. The van der Waals surface area contributed by atoms with E-state index in [0.717, 1.165) is 4.90 Å². The van der Waals surface area contributed by atoms with Gasteiger partial charge in [0.05, 0.1) is 12.3 Å². The Hall–Kier alpha value is -3.88. The zero-order valence-corrected chi connectivity index (χ0v) is 17.0. The lowest BCUT2D eigenvalue weighted by Gasteiger charge is -2.26. The van der Waals surface area contributed by atoms with Gasteiger partial charge in [-0.05, 0) is 31.0 Å². The molecule has 1 saturated heterocycles. The molecule has 0 radical (unpaired) electrons. The molecule has 4 amide bonds. The lowest BCUT2D eigenvalue weighted by molar-refractivity contribution is -0.138. The fourth-order valence-corrected chi connectivity index (χ4v) is 3.48. The Bertz CT molecular complexity index is 994. The first kappa shape index (κ1) is 21.8. The molecule has 0 bridgehead atoms. The second kappa shape index (κ2) is 9.29. The van der Waals surface area contributed by atoms with Crippen molar-refractivity contribution in [3.8, 4) is 5.75 Å². The van der Waals surface area contributed by atoms with E-state index in [9.17, 15) is 19.2 Å². The molecule has 1 heterocycles. The first-order valence-corrected chi connectivity index (χ1v) is 9.80. The van der Waals surface area contributed by atoms with Gasteiger partial charge in [0.25, 0.3) is 5.91 Å². The van der Waals surface area contributed by atoms with Crippen LogP contribution in [0.25, 0.3) is 0 Å². The summed E-state index contributed by atoms with van der Waals surface area (Å²) in [5.41, 5.74) is -0.666. The number of para-hydroxylation sites is 2. The third-order valence-corrected chi connectivity index (χ3v) is 4.92. The normalized spacial score (nSPS) is 17.9. The number of carbonyl (C=O) groups excluding carboxylic acids is 3. The van der Waals surface area contributed by atoms with Crippen molar-refractivity contribution < 1.29 is 29.0 Å². The smallest absolute Gasteiger partial charge is 0.325 e. The number of benzene rings is 2. The summed E-state index contributed by atoms with van der Waals surface area (Å²) in [5.74, 6) is -1.88. The van der Waals surface area contributed by atoms with Crippen LogP contribution in [0, 0.1) is 0 Å². The van der Waals surface area contributed by atoms with Crippen molar-refractivity contribution in [3.05, 3.63) is 60.2 Å². The Balaban J connectivity index is 1.81. The third-order valence-electron chi connectivity index (χ3n) is 4.92. The van der Waals surface area contributed by atoms with Crippen LogP contribution in [0.5, 0.6) is 5.75 Å². The van der Waals surface area contributed by atoms with Gasteiger partial charge < -0.3 is 20.5 Å². The third kappa shape index (κ3) is 4.66. The number of urea groups is 1. The summed E-state index contributed by atoms with van der Waals surface area (Å²) in [6.45, 7) is 1.70. The Morgan fingerprint density at radius 3 is 2.45 bits per heavy atom. The molecule has 0 spiro atoms. The quantitative estimate of drug-likeness (QED) is 0.530. The maximum atomic E-state index is 13.3. The van der Waals surface area contributed by atoms with Crippen molar-refractivity contribution in [2.45, 2.75) is 25.3 Å². The molecule has 3 N–H and O–H groups in total. The van der Waals surface area contributed by atoms with Gasteiger partial charge in [0.1, 0.15) is 17.8 Å². The molecule has 162 valence electrons. The lowest BCUT2D eigenvalue weighted by atomic mass is 9.85. The Morgan fingerprint density at radius 1 is 1.10 bits per heavy atom. The molecule has 3 rings (SSSR count). The molecule has 9 nitrogen and oxygen atoms in total. The number of anilines is 1. The Kier molecular flexibility index (Phi) is 6.54. The SMILES string of the molecule is CCOc1ccccc1NC(=O)CN1C(=O)N[C@](CCC(=O)O)(c2ccccc2)C1=O. The summed E-state index contributed by atoms with van der Waals surface area (Å²) < 4.78 is 5.47. The number of rotatable bonds is 9. The molecule has 0 aromatic heterocycles. The van der Waals surface area contributed by atoms with Crippen molar-refractivity contribution in [1.29, 1.82) is 0 Å². The number of carboxylic acids is 1. The molecule has 2 aromatic rings. The molecule has 31 heavy (non-hydrogen) atoms. The number of nitrogens with zero attached hydrogens (tertiary/aromatic N) is 1. The summed E-state index contributed by atoms with van der Waals surface area (Å²) in [6.07, 6.45) is -0.467. The number of imide groups is 1. The molecule has 1 aliphatic rings. The van der Waals surface area contributed by atoms with Crippen molar-refractivity contribution in [1.82, 2.24) is 10.2 Å².